The zero-order valence-corrected chi connectivity index (χ0v) is 8.41. The first-order chi connectivity index (χ1) is 6.97. The molecule has 0 aromatic carbocycles. The molecule has 5 atom stereocenters. The first kappa shape index (κ1) is 12.5. The molecule has 15 heavy (non-hydrogen) atoms. The molecule has 0 bridgehead atoms. The van der Waals surface area contributed by atoms with E-state index in [1.54, 1.807) is 0 Å². The molecule has 1 rings (SSSR count). The van der Waals surface area contributed by atoms with Crippen LogP contribution in [0.5, 0.6) is 0 Å². The number of Topliss-reactive ketones (excluding diaryl/α,β-unsaturated/α-hetero) is 1. The molecule has 0 aliphatic carbocycles. The lowest BCUT2D eigenvalue weighted by Gasteiger charge is -2.39. The number of carbonyl (C=O) groups excluding carboxylic acids is 1. The van der Waals surface area contributed by atoms with Crippen molar-refractivity contribution in [2.75, 3.05) is 6.61 Å². The van der Waals surface area contributed by atoms with Gasteiger partial charge in [0.25, 0.3) is 0 Å². The quantitative estimate of drug-likeness (QED) is 0.430. The molecular weight excluding hydrogens is 204 g/mol. The molecule has 1 aliphatic rings. The van der Waals surface area contributed by atoms with Crippen molar-refractivity contribution >= 4 is 5.78 Å². The van der Waals surface area contributed by atoms with Crippen LogP contribution in [0, 0.1) is 0 Å². The van der Waals surface area contributed by atoms with Gasteiger partial charge >= 0.3 is 0 Å². The van der Waals surface area contributed by atoms with Gasteiger partial charge < -0.3 is 25.2 Å². The molecule has 1 heterocycles. The van der Waals surface area contributed by atoms with Gasteiger partial charge in [-0.25, -0.2) is 0 Å². The van der Waals surface area contributed by atoms with E-state index in [4.69, 9.17) is 9.84 Å². The Morgan fingerprint density at radius 1 is 1.13 bits per heavy atom. The van der Waals surface area contributed by atoms with Gasteiger partial charge in [0.2, 0.25) is 0 Å². The van der Waals surface area contributed by atoms with E-state index >= 15 is 0 Å². The highest BCUT2D eigenvalue weighted by Crippen LogP contribution is 2.23. The zero-order valence-electron chi connectivity index (χ0n) is 8.41. The van der Waals surface area contributed by atoms with Crippen LogP contribution < -0.4 is 0 Å². The molecule has 0 saturated carbocycles. The molecule has 5 unspecified atom stereocenters. The van der Waals surface area contributed by atoms with Gasteiger partial charge in [-0.05, 0) is 6.92 Å². The van der Waals surface area contributed by atoms with Crippen molar-refractivity contribution in [1.29, 1.82) is 0 Å². The Morgan fingerprint density at radius 3 is 2.13 bits per heavy atom. The average molecular weight is 220 g/mol. The second-order valence-electron chi connectivity index (χ2n) is 3.77. The number of hydrogen-bond acceptors (Lipinski definition) is 6. The summed E-state index contributed by atoms with van der Waals surface area (Å²) in [5.74, 6) is -0.195. The Bertz CT molecular complexity index is 229. The van der Waals surface area contributed by atoms with Gasteiger partial charge in [0.05, 0.1) is 12.7 Å². The molecule has 1 fully saturated rings. The Labute approximate surface area is 87.1 Å². The van der Waals surface area contributed by atoms with Gasteiger partial charge in [-0.15, -0.1) is 0 Å². The van der Waals surface area contributed by atoms with Gasteiger partial charge in [-0.3, -0.25) is 4.79 Å². The topological polar surface area (TPSA) is 107 Å². The second kappa shape index (κ2) is 5.00. The normalized spacial score (nSPS) is 41.5. The number of aliphatic hydroxyl groups is 4. The van der Waals surface area contributed by atoms with E-state index in [1.807, 2.05) is 0 Å². The van der Waals surface area contributed by atoms with Crippen molar-refractivity contribution in [1.82, 2.24) is 0 Å². The maximum atomic E-state index is 10.8. The molecule has 6 heteroatoms. The lowest BCUT2D eigenvalue weighted by molar-refractivity contribution is -0.229. The number of carbonyl (C=O) groups is 1. The fraction of sp³-hybridized carbons (Fsp3) is 0.889. The van der Waals surface area contributed by atoms with Gasteiger partial charge in [-0.2, -0.15) is 0 Å². The number of hydrogen-bond donors (Lipinski definition) is 4. The largest absolute Gasteiger partial charge is 0.394 e. The van der Waals surface area contributed by atoms with Crippen molar-refractivity contribution in [3.63, 3.8) is 0 Å². The van der Waals surface area contributed by atoms with E-state index < -0.39 is 37.1 Å². The summed E-state index contributed by atoms with van der Waals surface area (Å²) in [5.41, 5.74) is 0. The fourth-order valence-electron chi connectivity index (χ4n) is 1.63. The predicted octanol–water partition coefficient (Wildman–Crippen LogP) is -2.19. The Morgan fingerprint density at radius 2 is 1.67 bits per heavy atom. The highest BCUT2D eigenvalue weighted by atomic mass is 16.5. The summed E-state index contributed by atoms with van der Waals surface area (Å²) < 4.78 is 5.11. The van der Waals surface area contributed by atoms with Crippen LogP contribution in [0.4, 0.5) is 0 Å². The predicted molar refractivity (Wildman–Crippen MR) is 49.1 cm³/mol. The van der Waals surface area contributed by atoms with Crippen LogP contribution in [0.2, 0.25) is 0 Å². The van der Waals surface area contributed by atoms with Crippen molar-refractivity contribution in [3.8, 4) is 0 Å². The molecule has 6 nitrogen and oxygen atoms in total. The van der Waals surface area contributed by atoms with Crippen molar-refractivity contribution < 1.29 is 30.0 Å². The molecule has 0 spiro atoms. The summed E-state index contributed by atoms with van der Waals surface area (Å²) in [6, 6.07) is 0. The highest BCUT2D eigenvalue weighted by Gasteiger charge is 2.43. The maximum Gasteiger partial charge on any atom is 0.132 e. The molecular formula is C9H16O6. The SMILES string of the molecule is CC(=O)CC1OC(CO)C(O)C(O)C1O. The first-order valence-electron chi connectivity index (χ1n) is 4.77. The number of ether oxygens (including phenoxy) is 1. The molecule has 88 valence electrons. The second-order valence-corrected chi connectivity index (χ2v) is 3.77. The van der Waals surface area contributed by atoms with Crippen LogP contribution in [0.3, 0.4) is 0 Å². The Kier molecular flexibility index (Phi) is 4.18. The minimum absolute atomic E-state index is 0.0541. The number of aliphatic hydroxyl groups excluding tert-OH is 4. The minimum atomic E-state index is -1.40. The maximum absolute atomic E-state index is 10.8. The van der Waals surface area contributed by atoms with E-state index in [9.17, 15) is 20.1 Å². The van der Waals surface area contributed by atoms with Crippen molar-refractivity contribution in [3.05, 3.63) is 0 Å². The summed E-state index contributed by atoms with van der Waals surface area (Å²) in [6.45, 7) is 0.862. The van der Waals surface area contributed by atoms with Crippen molar-refractivity contribution in [2.45, 2.75) is 43.9 Å². The van der Waals surface area contributed by atoms with Gasteiger partial charge in [0, 0.05) is 6.42 Å². The lowest BCUT2D eigenvalue weighted by Crippen LogP contribution is -2.58. The standard InChI is InChI=1S/C9H16O6/c1-4(11)2-5-7(12)9(14)8(13)6(3-10)15-5/h5-10,12-14H,2-3H2,1H3. The van der Waals surface area contributed by atoms with Gasteiger partial charge in [0.15, 0.2) is 0 Å². The van der Waals surface area contributed by atoms with E-state index in [0.717, 1.165) is 0 Å². The average Bonchev–Trinajstić information content (AvgIpc) is 2.18. The number of rotatable bonds is 3. The summed E-state index contributed by atoms with van der Waals surface area (Å²) in [5, 5.41) is 37.2. The van der Waals surface area contributed by atoms with E-state index in [1.165, 1.54) is 6.92 Å². The highest BCUT2D eigenvalue weighted by molar-refractivity contribution is 5.76. The smallest absolute Gasteiger partial charge is 0.132 e. The Balaban J connectivity index is 2.69. The third kappa shape index (κ3) is 2.73. The summed E-state index contributed by atoms with van der Waals surface area (Å²) >= 11 is 0. The molecule has 0 radical (unpaired) electrons. The first-order valence-corrected chi connectivity index (χ1v) is 4.77. The van der Waals surface area contributed by atoms with Crippen LogP contribution >= 0.6 is 0 Å². The van der Waals surface area contributed by atoms with Crippen LogP contribution in [-0.2, 0) is 9.53 Å². The van der Waals surface area contributed by atoms with E-state index in [-0.39, 0.29) is 12.2 Å². The van der Waals surface area contributed by atoms with E-state index in [2.05, 4.69) is 0 Å². The monoisotopic (exact) mass is 220 g/mol. The molecule has 0 aromatic rings. The van der Waals surface area contributed by atoms with Gasteiger partial charge in [0.1, 0.15) is 30.2 Å². The molecule has 0 aromatic heterocycles. The lowest BCUT2D eigenvalue weighted by atomic mass is 9.93. The third-order valence-electron chi connectivity index (χ3n) is 2.48. The summed E-state index contributed by atoms with van der Waals surface area (Å²) in [6.07, 6.45) is -5.95. The fourth-order valence-corrected chi connectivity index (χ4v) is 1.63. The molecule has 1 aliphatic heterocycles. The van der Waals surface area contributed by atoms with Crippen LogP contribution in [0.15, 0.2) is 0 Å². The Hall–Kier alpha value is -0.530. The minimum Gasteiger partial charge on any atom is -0.394 e. The van der Waals surface area contributed by atoms with Crippen LogP contribution in [-0.4, -0.2) is 63.3 Å². The molecule has 1 saturated heterocycles. The van der Waals surface area contributed by atoms with Crippen LogP contribution in [0.1, 0.15) is 13.3 Å². The zero-order chi connectivity index (χ0) is 11.6. The van der Waals surface area contributed by atoms with Crippen molar-refractivity contribution in [2.24, 2.45) is 0 Å². The summed E-state index contributed by atoms with van der Waals surface area (Å²) in [7, 11) is 0. The summed E-state index contributed by atoms with van der Waals surface area (Å²) in [4.78, 5) is 10.8. The number of ketones is 1. The molecule has 4 N–H and O–H groups in total. The van der Waals surface area contributed by atoms with Crippen LogP contribution in [0.25, 0.3) is 0 Å². The molecule has 0 amide bonds. The third-order valence-corrected chi connectivity index (χ3v) is 2.48. The van der Waals surface area contributed by atoms with Gasteiger partial charge in [-0.1, -0.05) is 0 Å². The van der Waals surface area contributed by atoms with E-state index in [0.29, 0.717) is 0 Å².